The number of carbonyl (C=O) groups is 1. The van der Waals surface area contributed by atoms with Crippen molar-refractivity contribution in [2.24, 2.45) is 5.92 Å². The summed E-state index contributed by atoms with van der Waals surface area (Å²) in [4.78, 5) is 20.1. The molecule has 5 nitrogen and oxygen atoms in total. The molecule has 2 fully saturated rings. The van der Waals surface area contributed by atoms with Crippen LogP contribution in [0.25, 0.3) is 0 Å². The number of hydrogen-bond donors (Lipinski definition) is 1. The quantitative estimate of drug-likeness (QED) is 0.747. The van der Waals surface area contributed by atoms with Gasteiger partial charge in [0.15, 0.2) is 0 Å². The molecule has 2 aromatic rings. The standard InChI is InChI=1S/C27H35N3O2.ClH/c31-26-19-24-9-5-4-8-23(24)18-25(26)29-12-10-22(11-13-29)27(32)30-16-14-28(15-17-30)20-21-6-2-1-3-7-21;/h1-9,22,25-26,31H,10-20H2;1H/t25-,26-;/m1./s1. The van der Waals surface area contributed by atoms with Crippen molar-refractivity contribution in [3.05, 3.63) is 71.3 Å². The zero-order valence-corrected chi connectivity index (χ0v) is 20.1. The molecule has 1 aliphatic carbocycles. The van der Waals surface area contributed by atoms with E-state index in [4.69, 9.17) is 0 Å². The molecule has 2 aromatic carbocycles. The molecule has 0 aromatic heterocycles. The summed E-state index contributed by atoms with van der Waals surface area (Å²) in [6, 6.07) is 19.3. The summed E-state index contributed by atoms with van der Waals surface area (Å²) in [6.45, 7) is 6.37. The van der Waals surface area contributed by atoms with Gasteiger partial charge in [-0.25, -0.2) is 0 Å². The van der Waals surface area contributed by atoms with Crippen LogP contribution in [0, 0.1) is 5.92 Å². The molecule has 2 atom stereocenters. The fraction of sp³-hybridized carbons (Fsp3) is 0.519. The van der Waals surface area contributed by atoms with Crippen LogP contribution in [0.3, 0.4) is 0 Å². The van der Waals surface area contributed by atoms with E-state index in [-0.39, 0.29) is 30.5 Å². The Bertz CT molecular complexity index is 909. The normalized spacial score (nSPS) is 24.7. The maximum absolute atomic E-state index is 13.2. The SMILES string of the molecule is Cl.O=C(C1CCN([C@@H]2Cc3ccccc3C[C@H]2O)CC1)N1CCN(Cc2ccccc2)CC1. The first-order valence-electron chi connectivity index (χ1n) is 12.2. The zero-order valence-electron chi connectivity index (χ0n) is 19.3. The Hall–Kier alpha value is -1.92. The van der Waals surface area contributed by atoms with E-state index in [2.05, 4.69) is 69.3 Å². The summed E-state index contributed by atoms with van der Waals surface area (Å²) in [7, 11) is 0. The van der Waals surface area contributed by atoms with Gasteiger partial charge >= 0.3 is 0 Å². The van der Waals surface area contributed by atoms with Gasteiger partial charge in [0.2, 0.25) is 5.91 Å². The Kier molecular flexibility index (Phi) is 8.07. The van der Waals surface area contributed by atoms with Gasteiger partial charge in [-0.15, -0.1) is 12.4 Å². The fourth-order valence-electron chi connectivity index (χ4n) is 5.76. The number of piperidine rings is 1. The minimum absolute atomic E-state index is 0. The summed E-state index contributed by atoms with van der Waals surface area (Å²) < 4.78 is 0. The lowest BCUT2D eigenvalue weighted by Gasteiger charge is -2.43. The maximum Gasteiger partial charge on any atom is 0.225 e. The largest absolute Gasteiger partial charge is 0.391 e. The van der Waals surface area contributed by atoms with Crippen LogP contribution in [0.2, 0.25) is 0 Å². The van der Waals surface area contributed by atoms with Crippen LogP contribution >= 0.6 is 12.4 Å². The Morgan fingerprint density at radius 1 is 0.818 bits per heavy atom. The van der Waals surface area contributed by atoms with E-state index in [0.29, 0.717) is 5.91 Å². The van der Waals surface area contributed by atoms with Crippen LogP contribution in [-0.4, -0.2) is 77.1 Å². The van der Waals surface area contributed by atoms with Crippen molar-refractivity contribution in [3.8, 4) is 0 Å². The molecular formula is C27H36ClN3O2. The molecule has 3 aliphatic rings. The van der Waals surface area contributed by atoms with Gasteiger partial charge < -0.3 is 10.0 Å². The number of fused-ring (bicyclic) bond motifs is 1. The first kappa shape index (κ1) is 24.2. The van der Waals surface area contributed by atoms with Crippen LogP contribution in [0.1, 0.15) is 29.5 Å². The van der Waals surface area contributed by atoms with Crippen molar-refractivity contribution in [3.63, 3.8) is 0 Å². The number of carbonyl (C=O) groups excluding carboxylic acids is 1. The van der Waals surface area contributed by atoms with Crippen molar-refractivity contribution >= 4 is 18.3 Å². The molecule has 33 heavy (non-hydrogen) atoms. The second-order valence-corrected chi connectivity index (χ2v) is 9.71. The van der Waals surface area contributed by atoms with Crippen molar-refractivity contribution < 1.29 is 9.90 Å². The monoisotopic (exact) mass is 469 g/mol. The Morgan fingerprint density at radius 2 is 1.42 bits per heavy atom. The van der Waals surface area contributed by atoms with Crippen molar-refractivity contribution in [1.82, 2.24) is 14.7 Å². The zero-order chi connectivity index (χ0) is 21.9. The van der Waals surface area contributed by atoms with Gasteiger partial charge in [0.1, 0.15) is 0 Å². The third-order valence-corrected chi connectivity index (χ3v) is 7.70. The van der Waals surface area contributed by atoms with Crippen LogP contribution in [0.5, 0.6) is 0 Å². The topological polar surface area (TPSA) is 47.0 Å². The Labute approximate surface area is 203 Å². The van der Waals surface area contributed by atoms with Crippen molar-refractivity contribution in [2.45, 2.75) is 44.4 Å². The van der Waals surface area contributed by atoms with Gasteiger partial charge in [-0.3, -0.25) is 14.6 Å². The van der Waals surface area contributed by atoms with E-state index in [9.17, 15) is 9.90 Å². The van der Waals surface area contributed by atoms with Crippen molar-refractivity contribution in [2.75, 3.05) is 39.3 Å². The second kappa shape index (κ2) is 11.0. The number of likely N-dealkylation sites (tertiary alicyclic amines) is 1. The predicted octanol–water partition coefficient (Wildman–Crippen LogP) is 2.99. The predicted molar refractivity (Wildman–Crippen MR) is 133 cm³/mol. The van der Waals surface area contributed by atoms with Gasteiger partial charge in [-0.05, 0) is 49.0 Å². The number of rotatable bonds is 4. The summed E-state index contributed by atoms with van der Waals surface area (Å²) in [5.74, 6) is 0.485. The average Bonchev–Trinajstić information content (AvgIpc) is 2.84. The van der Waals surface area contributed by atoms with E-state index >= 15 is 0 Å². The van der Waals surface area contributed by atoms with Gasteiger partial charge in [-0.1, -0.05) is 54.6 Å². The molecule has 1 amide bonds. The Balaban J connectivity index is 0.00000259. The van der Waals surface area contributed by atoms with Gasteiger partial charge in [0.05, 0.1) is 6.10 Å². The lowest BCUT2D eigenvalue weighted by Crippen LogP contribution is -2.54. The average molecular weight is 470 g/mol. The molecule has 0 unspecified atom stereocenters. The third kappa shape index (κ3) is 5.60. The number of amides is 1. The molecule has 0 spiro atoms. The summed E-state index contributed by atoms with van der Waals surface area (Å²) in [5, 5.41) is 10.8. The molecular weight excluding hydrogens is 434 g/mol. The molecule has 6 heteroatoms. The third-order valence-electron chi connectivity index (χ3n) is 7.70. The van der Waals surface area contributed by atoms with Gasteiger partial charge in [-0.2, -0.15) is 0 Å². The lowest BCUT2D eigenvalue weighted by atomic mass is 9.84. The highest BCUT2D eigenvalue weighted by atomic mass is 35.5. The summed E-state index contributed by atoms with van der Waals surface area (Å²) >= 11 is 0. The number of halogens is 1. The van der Waals surface area contributed by atoms with Crippen LogP contribution in [-0.2, 0) is 24.2 Å². The van der Waals surface area contributed by atoms with E-state index in [1.807, 2.05) is 0 Å². The summed E-state index contributed by atoms with van der Waals surface area (Å²) in [5.41, 5.74) is 3.99. The van der Waals surface area contributed by atoms with E-state index in [1.165, 1.54) is 16.7 Å². The molecule has 2 saturated heterocycles. The number of aliphatic hydroxyl groups is 1. The number of piperazine rings is 1. The number of nitrogens with zero attached hydrogens (tertiary/aromatic N) is 3. The smallest absolute Gasteiger partial charge is 0.225 e. The molecule has 0 radical (unpaired) electrons. The number of benzene rings is 2. The number of hydrogen-bond acceptors (Lipinski definition) is 4. The first-order chi connectivity index (χ1) is 15.7. The lowest BCUT2D eigenvalue weighted by molar-refractivity contribution is -0.139. The van der Waals surface area contributed by atoms with Gasteiger partial charge in [0, 0.05) is 51.1 Å². The van der Waals surface area contributed by atoms with E-state index in [0.717, 1.165) is 71.5 Å². The minimum Gasteiger partial charge on any atom is -0.391 e. The van der Waals surface area contributed by atoms with Crippen LogP contribution in [0.15, 0.2) is 54.6 Å². The molecule has 0 saturated carbocycles. The fourth-order valence-corrected chi connectivity index (χ4v) is 5.76. The van der Waals surface area contributed by atoms with Gasteiger partial charge in [0.25, 0.3) is 0 Å². The highest BCUT2D eigenvalue weighted by Crippen LogP contribution is 2.29. The first-order valence-corrected chi connectivity index (χ1v) is 12.2. The highest BCUT2D eigenvalue weighted by molar-refractivity contribution is 5.85. The molecule has 0 bridgehead atoms. The minimum atomic E-state index is -0.310. The van der Waals surface area contributed by atoms with Crippen molar-refractivity contribution in [1.29, 1.82) is 0 Å². The highest BCUT2D eigenvalue weighted by Gasteiger charge is 2.36. The van der Waals surface area contributed by atoms with E-state index in [1.54, 1.807) is 0 Å². The summed E-state index contributed by atoms with van der Waals surface area (Å²) in [6.07, 6.45) is 3.17. The molecule has 1 N–H and O–H groups in total. The molecule has 2 aliphatic heterocycles. The second-order valence-electron chi connectivity index (χ2n) is 9.71. The van der Waals surface area contributed by atoms with Crippen LogP contribution in [0.4, 0.5) is 0 Å². The molecule has 2 heterocycles. The maximum atomic E-state index is 13.2. The Morgan fingerprint density at radius 3 is 2.09 bits per heavy atom. The van der Waals surface area contributed by atoms with E-state index < -0.39 is 0 Å². The van der Waals surface area contributed by atoms with Crippen LogP contribution < -0.4 is 0 Å². The number of aliphatic hydroxyl groups excluding tert-OH is 1. The molecule has 5 rings (SSSR count). The molecule has 178 valence electrons.